The number of rotatable bonds is 2. The van der Waals surface area contributed by atoms with Gasteiger partial charge in [0.05, 0.1) is 0 Å². The molecule has 0 aliphatic carbocycles. The van der Waals surface area contributed by atoms with Crippen molar-refractivity contribution in [3.05, 3.63) is 42.8 Å². The molecule has 0 saturated carbocycles. The summed E-state index contributed by atoms with van der Waals surface area (Å²) in [7, 11) is 0. The highest BCUT2D eigenvalue weighted by Crippen LogP contribution is 2.19. The first-order valence-electron chi connectivity index (χ1n) is 3.97. The molecule has 0 heterocycles. The van der Waals surface area contributed by atoms with Gasteiger partial charge in [0.25, 0.3) is 0 Å². The molecule has 0 unspecified atom stereocenters. The Morgan fingerprint density at radius 3 is 2.18 bits per heavy atom. The van der Waals surface area contributed by atoms with Gasteiger partial charge in [-0.05, 0) is 0 Å². The van der Waals surface area contributed by atoms with Crippen LogP contribution in [0.2, 0.25) is 0 Å². The topological polar surface area (TPSA) is 0 Å². The molecule has 0 aromatic heterocycles. The SMILES string of the molecule is [CH2-]C(C)(C)Cc1ccccc1. The van der Waals surface area contributed by atoms with E-state index in [0.29, 0.717) is 0 Å². The smallest absolute Gasteiger partial charge is 0.0501 e. The second-order valence-corrected chi connectivity index (χ2v) is 3.83. The van der Waals surface area contributed by atoms with Crippen molar-refractivity contribution >= 4 is 0 Å². The van der Waals surface area contributed by atoms with Gasteiger partial charge < -0.3 is 6.92 Å². The zero-order chi connectivity index (χ0) is 8.32. The highest BCUT2D eigenvalue weighted by molar-refractivity contribution is 5.16. The van der Waals surface area contributed by atoms with Gasteiger partial charge in [-0.1, -0.05) is 56.2 Å². The molecule has 0 bridgehead atoms. The predicted octanol–water partition coefficient (Wildman–Crippen LogP) is 3.09. The molecule has 0 aliphatic rings. The van der Waals surface area contributed by atoms with E-state index in [4.69, 9.17) is 0 Å². The number of hydrogen-bond donors (Lipinski definition) is 0. The third-order valence-electron chi connectivity index (χ3n) is 1.53. The molecule has 0 aliphatic heterocycles. The Hall–Kier alpha value is -0.780. The van der Waals surface area contributed by atoms with Crippen molar-refractivity contribution in [2.45, 2.75) is 20.3 Å². The fourth-order valence-corrected chi connectivity index (χ4v) is 1.15. The van der Waals surface area contributed by atoms with E-state index in [9.17, 15) is 0 Å². The van der Waals surface area contributed by atoms with Crippen molar-refractivity contribution in [1.29, 1.82) is 0 Å². The monoisotopic (exact) mass is 147 g/mol. The van der Waals surface area contributed by atoms with Crippen LogP contribution in [0.3, 0.4) is 0 Å². The summed E-state index contributed by atoms with van der Waals surface area (Å²) >= 11 is 0. The van der Waals surface area contributed by atoms with Crippen LogP contribution in [0, 0.1) is 12.3 Å². The van der Waals surface area contributed by atoms with Gasteiger partial charge in [0.2, 0.25) is 0 Å². The summed E-state index contributed by atoms with van der Waals surface area (Å²) in [5.41, 5.74) is 1.52. The van der Waals surface area contributed by atoms with Gasteiger partial charge in [-0.3, -0.25) is 0 Å². The lowest BCUT2D eigenvalue weighted by molar-refractivity contribution is 0.472. The summed E-state index contributed by atoms with van der Waals surface area (Å²) in [6.07, 6.45) is 1.05. The molecule has 11 heavy (non-hydrogen) atoms. The molecule has 0 heteroatoms. The van der Waals surface area contributed by atoms with Gasteiger partial charge in [-0.25, -0.2) is 0 Å². The maximum Gasteiger partial charge on any atom is -0.0501 e. The minimum Gasteiger partial charge on any atom is -0.337 e. The zero-order valence-corrected chi connectivity index (χ0v) is 7.30. The van der Waals surface area contributed by atoms with Crippen LogP contribution in [-0.2, 0) is 6.42 Å². The van der Waals surface area contributed by atoms with Crippen LogP contribution in [0.4, 0.5) is 0 Å². The summed E-state index contributed by atoms with van der Waals surface area (Å²) in [6.45, 7) is 8.37. The Balaban J connectivity index is 2.66. The van der Waals surface area contributed by atoms with Crippen molar-refractivity contribution in [2.24, 2.45) is 5.41 Å². The largest absolute Gasteiger partial charge is 0.337 e. The third kappa shape index (κ3) is 3.22. The van der Waals surface area contributed by atoms with Crippen molar-refractivity contribution in [3.8, 4) is 0 Å². The fraction of sp³-hybridized carbons (Fsp3) is 0.364. The Bertz CT molecular complexity index is 203. The zero-order valence-electron chi connectivity index (χ0n) is 7.30. The summed E-state index contributed by atoms with van der Waals surface area (Å²) in [6, 6.07) is 10.5. The van der Waals surface area contributed by atoms with Crippen LogP contribution in [-0.4, -0.2) is 0 Å². The maximum absolute atomic E-state index is 4.07. The fourth-order valence-electron chi connectivity index (χ4n) is 1.15. The Morgan fingerprint density at radius 1 is 1.18 bits per heavy atom. The van der Waals surface area contributed by atoms with Gasteiger partial charge in [0, 0.05) is 0 Å². The van der Waals surface area contributed by atoms with Gasteiger partial charge >= 0.3 is 0 Å². The Kier molecular flexibility index (Phi) is 2.33. The lowest BCUT2D eigenvalue weighted by Gasteiger charge is -2.26. The van der Waals surface area contributed by atoms with E-state index in [1.807, 2.05) is 6.07 Å². The van der Waals surface area contributed by atoms with E-state index in [1.165, 1.54) is 5.56 Å². The molecule has 0 saturated heterocycles. The van der Waals surface area contributed by atoms with Gasteiger partial charge in [-0.2, -0.15) is 5.41 Å². The second kappa shape index (κ2) is 3.08. The average molecular weight is 147 g/mol. The summed E-state index contributed by atoms with van der Waals surface area (Å²) < 4.78 is 0. The van der Waals surface area contributed by atoms with Crippen LogP contribution in [0.25, 0.3) is 0 Å². The minimum absolute atomic E-state index is 0.154. The molecular weight excluding hydrogens is 132 g/mol. The van der Waals surface area contributed by atoms with Crippen LogP contribution in [0.5, 0.6) is 0 Å². The van der Waals surface area contributed by atoms with E-state index in [0.717, 1.165) is 6.42 Å². The van der Waals surface area contributed by atoms with Crippen LogP contribution < -0.4 is 0 Å². The first-order chi connectivity index (χ1) is 5.08. The normalized spacial score (nSPS) is 11.5. The maximum atomic E-state index is 4.07. The predicted molar refractivity (Wildman–Crippen MR) is 49.3 cm³/mol. The average Bonchev–Trinajstić information content (AvgIpc) is 1.85. The molecule has 0 fully saturated rings. The number of benzene rings is 1. The molecule has 0 atom stereocenters. The molecule has 0 nitrogen and oxygen atoms in total. The van der Waals surface area contributed by atoms with E-state index < -0.39 is 0 Å². The molecule has 60 valence electrons. The van der Waals surface area contributed by atoms with Crippen LogP contribution in [0.15, 0.2) is 30.3 Å². The minimum atomic E-state index is 0.154. The molecule has 1 rings (SSSR count). The van der Waals surface area contributed by atoms with Crippen molar-refractivity contribution < 1.29 is 0 Å². The van der Waals surface area contributed by atoms with Crippen LogP contribution >= 0.6 is 0 Å². The quantitative estimate of drug-likeness (QED) is 0.564. The third-order valence-corrected chi connectivity index (χ3v) is 1.53. The first kappa shape index (κ1) is 8.32. The summed E-state index contributed by atoms with van der Waals surface area (Å²) in [5.74, 6) is 0. The molecule has 1 aromatic rings. The van der Waals surface area contributed by atoms with E-state index in [1.54, 1.807) is 0 Å². The summed E-state index contributed by atoms with van der Waals surface area (Å²) in [5, 5.41) is 0. The molecule has 0 spiro atoms. The lowest BCUT2D eigenvalue weighted by Crippen LogP contribution is -2.09. The van der Waals surface area contributed by atoms with Gasteiger partial charge in [0.1, 0.15) is 0 Å². The highest BCUT2D eigenvalue weighted by Gasteiger charge is 2.02. The van der Waals surface area contributed by atoms with E-state index >= 15 is 0 Å². The van der Waals surface area contributed by atoms with Gasteiger partial charge in [-0.15, -0.1) is 0 Å². The van der Waals surface area contributed by atoms with Crippen molar-refractivity contribution in [3.63, 3.8) is 0 Å². The van der Waals surface area contributed by atoms with Crippen molar-refractivity contribution in [2.75, 3.05) is 0 Å². The Labute approximate surface area is 69.3 Å². The standard InChI is InChI=1S/C11H15/c1-11(2,3)9-10-7-5-4-6-8-10/h4-8H,1,9H2,2-3H3/q-1. The molecule has 1 aromatic carbocycles. The molecule has 0 radical (unpaired) electrons. The molecule has 0 amide bonds. The van der Waals surface area contributed by atoms with E-state index in [-0.39, 0.29) is 5.41 Å². The first-order valence-corrected chi connectivity index (χ1v) is 3.97. The van der Waals surface area contributed by atoms with Crippen LogP contribution in [0.1, 0.15) is 19.4 Å². The summed E-state index contributed by atoms with van der Waals surface area (Å²) in [4.78, 5) is 0. The second-order valence-electron chi connectivity index (χ2n) is 3.83. The lowest BCUT2D eigenvalue weighted by atomic mass is 9.88. The van der Waals surface area contributed by atoms with E-state index in [2.05, 4.69) is 45.0 Å². The van der Waals surface area contributed by atoms with Gasteiger partial charge in [0.15, 0.2) is 0 Å². The highest BCUT2D eigenvalue weighted by atomic mass is 14.1. The molecule has 0 N–H and O–H groups in total. The van der Waals surface area contributed by atoms with Crippen molar-refractivity contribution in [1.82, 2.24) is 0 Å². The number of hydrogen-bond acceptors (Lipinski definition) is 0. The Morgan fingerprint density at radius 2 is 1.73 bits per heavy atom. The molecular formula is C11H15-.